The van der Waals surface area contributed by atoms with Crippen LogP contribution in [-0.2, 0) is 11.3 Å². The van der Waals surface area contributed by atoms with Crippen molar-refractivity contribution in [2.24, 2.45) is 0 Å². The average molecular weight is 497 g/mol. The van der Waals surface area contributed by atoms with Gasteiger partial charge in [0.25, 0.3) is 12.1 Å². The van der Waals surface area contributed by atoms with E-state index < -0.39 is 23.8 Å². The lowest BCUT2D eigenvalue weighted by Gasteiger charge is -2.11. The normalized spacial score (nSPS) is 13.2. The molecule has 33 heavy (non-hydrogen) atoms. The molecule has 1 N–H and O–H groups in total. The Bertz CT molecular complexity index is 1230. The molecule has 1 aliphatic rings. The number of benzene rings is 2. The number of alkyl halides is 2. The Hall–Kier alpha value is -3.24. The second-order valence-corrected chi connectivity index (χ2v) is 8.27. The number of ether oxygens (including phenoxy) is 1. The van der Waals surface area contributed by atoms with Crippen LogP contribution in [-0.4, -0.2) is 20.6 Å². The summed E-state index contributed by atoms with van der Waals surface area (Å²) >= 11 is 11.9. The zero-order valence-electron chi connectivity index (χ0n) is 16.8. The predicted molar refractivity (Wildman–Crippen MR) is 117 cm³/mol. The Kier molecular flexibility index (Phi) is 6.48. The predicted octanol–water partition coefficient (Wildman–Crippen LogP) is 6.34. The summed E-state index contributed by atoms with van der Waals surface area (Å²) in [6, 6.07) is 9.41. The number of nitrogens with zero attached hydrogens (tertiary/aromatic N) is 3. The fourth-order valence-electron chi connectivity index (χ4n) is 3.17. The third-order valence-electron chi connectivity index (χ3n) is 4.85. The van der Waals surface area contributed by atoms with Gasteiger partial charge in [0.15, 0.2) is 0 Å². The van der Waals surface area contributed by atoms with Crippen LogP contribution in [0.2, 0.25) is 10.0 Å². The first kappa shape index (κ1) is 22.9. The van der Waals surface area contributed by atoms with Crippen LogP contribution in [0.15, 0.2) is 42.5 Å². The molecule has 0 bridgehead atoms. The zero-order chi connectivity index (χ0) is 23.7. The molecule has 4 rings (SSSR count). The summed E-state index contributed by atoms with van der Waals surface area (Å²) < 4.78 is 33.3. The highest BCUT2D eigenvalue weighted by atomic mass is 35.5. The van der Waals surface area contributed by atoms with Gasteiger partial charge in [-0.25, -0.2) is 8.78 Å². The van der Waals surface area contributed by atoms with Crippen LogP contribution in [0.25, 0.3) is 0 Å². The van der Waals surface area contributed by atoms with Gasteiger partial charge >= 0.3 is 0 Å². The van der Waals surface area contributed by atoms with Crippen molar-refractivity contribution in [3.05, 3.63) is 74.0 Å². The molecule has 1 fully saturated rings. The number of amides is 1. The van der Waals surface area contributed by atoms with E-state index in [0.29, 0.717) is 10.7 Å². The van der Waals surface area contributed by atoms with Gasteiger partial charge in [0.05, 0.1) is 27.4 Å². The third kappa shape index (κ3) is 5.58. The van der Waals surface area contributed by atoms with Crippen molar-refractivity contribution in [2.75, 3.05) is 5.32 Å². The maximum absolute atomic E-state index is 13.4. The van der Waals surface area contributed by atoms with E-state index in [1.807, 2.05) is 0 Å². The van der Waals surface area contributed by atoms with E-state index in [9.17, 15) is 23.7 Å². The molecular weight excluding hydrogens is 481 g/mol. The molecule has 1 amide bonds. The molecule has 0 atom stereocenters. The minimum atomic E-state index is -2.79. The molecule has 0 spiro atoms. The maximum atomic E-state index is 13.4. The molecule has 3 aromatic rings. The number of aromatic nitrogens is 2. The van der Waals surface area contributed by atoms with Gasteiger partial charge in [-0.15, -0.1) is 0 Å². The smallest absolute Gasteiger partial charge is 0.280 e. The van der Waals surface area contributed by atoms with Gasteiger partial charge in [-0.1, -0.05) is 23.2 Å². The first-order chi connectivity index (χ1) is 15.7. The van der Waals surface area contributed by atoms with Crippen molar-refractivity contribution < 1.29 is 23.2 Å². The second-order valence-electron chi connectivity index (χ2n) is 7.42. The lowest BCUT2D eigenvalue weighted by molar-refractivity contribution is -0.384. The molecule has 0 radical (unpaired) electrons. The minimum absolute atomic E-state index is 0.0344. The molecule has 1 aromatic heterocycles. The minimum Gasteiger partial charge on any atom is -0.455 e. The highest BCUT2D eigenvalue weighted by molar-refractivity contribution is 6.35. The molecule has 0 unspecified atom stereocenters. The van der Waals surface area contributed by atoms with Crippen LogP contribution in [0.5, 0.6) is 11.5 Å². The third-order valence-corrected chi connectivity index (χ3v) is 5.38. The fraction of sp³-hybridized carbons (Fsp3) is 0.238. The lowest BCUT2D eigenvalue weighted by Crippen LogP contribution is -2.21. The van der Waals surface area contributed by atoms with Crippen LogP contribution >= 0.6 is 23.2 Å². The standard InChI is InChI=1S/C21H16Cl2F2N4O4/c22-12-3-4-19(16(23)5-12)33-15-7-13(6-14(8-15)29(31)32)26-20(30)10-28-18(21(24)25)9-17(27-28)11-1-2-11/h3-9,11,21H,1-2,10H2,(H,26,30). The van der Waals surface area contributed by atoms with E-state index in [1.165, 1.54) is 30.3 Å². The molecule has 1 saturated carbocycles. The number of nitrogens with one attached hydrogen (secondary N) is 1. The zero-order valence-corrected chi connectivity index (χ0v) is 18.3. The van der Waals surface area contributed by atoms with Gasteiger partial charge in [-0.2, -0.15) is 5.10 Å². The monoisotopic (exact) mass is 496 g/mol. The van der Waals surface area contributed by atoms with Gasteiger partial charge in [-0.3, -0.25) is 19.6 Å². The molecule has 8 nitrogen and oxygen atoms in total. The largest absolute Gasteiger partial charge is 0.455 e. The van der Waals surface area contributed by atoms with E-state index in [-0.39, 0.29) is 39.5 Å². The molecule has 0 aliphatic heterocycles. The molecule has 1 heterocycles. The number of nitro groups is 1. The van der Waals surface area contributed by atoms with Gasteiger partial charge in [0.2, 0.25) is 5.91 Å². The molecular formula is C21H16Cl2F2N4O4. The summed E-state index contributed by atoms with van der Waals surface area (Å²) in [5.41, 5.74) is -0.129. The summed E-state index contributed by atoms with van der Waals surface area (Å²) in [5, 5.41) is 18.5. The van der Waals surface area contributed by atoms with Gasteiger partial charge in [-0.05, 0) is 37.1 Å². The quantitative estimate of drug-likeness (QED) is 0.289. The fourth-order valence-corrected chi connectivity index (χ4v) is 3.62. The molecule has 172 valence electrons. The number of nitro benzene ring substituents is 1. The summed E-state index contributed by atoms with van der Waals surface area (Å²) in [4.78, 5) is 23.2. The number of anilines is 1. The number of hydrogen-bond acceptors (Lipinski definition) is 5. The van der Waals surface area contributed by atoms with Crippen LogP contribution in [0.4, 0.5) is 20.2 Å². The van der Waals surface area contributed by atoms with Crippen molar-refractivity contribution in [2.45, 2.75) is 31.7 Å². The van der Waals surface area contributed by atoms with Gasteiger partial charge in [0, 0.05) is 23.1 Å². The summed E-state index contributed by atoms with van der Waals surface area (Å²) in [7, 11) is 0. The van der Waals surface area contributed by atoms with E-state index in [2.05, 4.69) is 10.4 Å². The Morgan fingerprint density at radius 1 is 1.24 bits per heavy atom. The number of carbonyl (C=O) groups is 1. The van der Waals surface area contributed by atoms with Gasteiger partial charge < -0.3 is 10.1 Å². The number of hydrogen-bond donors (Lipinski definition) is 1. The molecule has 0 saturated heterocycles. The van der Waals surface area contributed by atoms with E-state index >= 15 is 0 Å². The van der Waals surface area contributed by atoms with E-state index in [0.717, 1.165) is 29.7 Å². The van der Waals surface area contributed by atoms with Crippen LogP contribution in [0.3, 0.4) is 0 Å². The highest BCUT2D eigenvalue weighted by Crippen LogP contribution is 2.40. The first-order valence-corrected chi connectivity index (χ1v) is 10.5. The molecule has 1 aliphatic carbocycles. The van der Waals surface area contributed by atoms with E-state index in [4.69, 9.17) is 27.9 Å². The Morgan fingerprint density at radius 2 is 2.00 bits per heavy atom. The average Bonchev–Trinajstić information content (AvgIpc) is 3.50. The van der Waals surface area contributed by atoms with Crippen molar-refractivity contribution in [1.82, 2.24) is 9.78 Å². The molecule has 2 aromatic carbocycles. The summed E-state index contributed by atoms with van der Waals surface area (Å²) in [6.07, 6.45) is -1.04. The van der Waals surface area contributed by atoms with Crippen molar-refractivity contribution in [1.29, 1.82) is 0 Å². The Labute approximate surface area is 196 Å². The van der Waals surface area contributed by atoms with Gasteiger partial charge in [0.1, 0.15) is 23.7 Å². The SMILES string of the molecule is O=C(Cn1nc(C2CC2)cc1C(F)F)Nc1cc(Oc2ccc(Cl)cc2Cl)cc([N+](=O)[O-])c1. The Balaban J connectivity index is 1.54. The van der Waals surface area contributed by atoms with Crippen molar-refractivity contribution >= 4 is 40.5 Å². The van der Waals surface area contributed by atoms with E-state index in [1.54, 1.807) is 0 Å². The number of non-ortho nitro benzene ring substituents is 1. The second kappa shape index (κ2) is 9.32. The maximum Gasteiger partial charge on any atom is 0.280 e. The first-order valence-electron chi connectivity index (χ1n) is 9.77. The Morgan fingerprint density at radius 3 is 2.64 bits per heavy atom. The summed E-state index contributed by atoms with van der Waals surface area (Å²) in [5.74, 6) is -0.307. The van der Waals surface area contributed by atoms with Crippen molar-refractivity contribution in [3.8, 4) is 11.5 Å². The number of rotatable bonds is 8. The van der Waals surface area contributed by atoms with Crippen LogP contribution in [0.1, 0.15) is 36.6 Å². The topological polar surface area (TPSA) is 99.3 Å². The number of halogens is 4. The van der Waals surface area contributed by atoms with Crippen LogP contribution < -0.4 is 10.1 Å². The van der Waals surface area contributed by atoms with Crippen LogP contribution in [0, 0.1) is 10.1 Å². The number of carbonyl (C=O) groups excluding carboxylic acids is 1. The lowest BCUT2D eigenvalue weighted by atomic mass is 10.2. The highest BCUT2D eigenvalue weighted by Gasteiger charge is 2.29. The van der Waals surface area contributed by atoms with Crippen molar-refractivity contribution in [3.63, 3.8) is 0 Å². The molecule has 12 heteroatoms. The summed E-state index contributed by atoms with van der Waals surface area (Å²) in [6.45, 7) is -0.478.